The molecule has 0 rings (SSSR count). The van der Waals surface area contributed by atoms with Crippen molar-refractivity contribution in [2.24, 2.45) is 5.41 Å². The van der Waals surface area contributed by atoms with Crippen molar-refractivity contribution in [2.45, 2.75) is 33.6 Å². The molecule has 0 saturated heterocycles. The third-order valence-electron chi connectivity index (χ3n) is 1.60. The van der Waals surface area contributed by atoms with Crippen LogP contribution < -0.4 is 0 Å². The molecule has 64 valence electrons. The van der Waals surface area contributed by atoms with Crippen LogP contribution in [0.4, 0.5) is 0 Å². The van der Waals surface area contributed by atoms with Gasteiger partial charge in [-0.3, -0.25) is 0 Å². The number of rotatable bonds is 5. The van der Waals surface area contributed by atoms with Crippen molar-refractivity contribution in [1.82, 2.24) is 0 Å². The molecular formula is C9H17NS. The van der Waals surface area contributed by atoms with Gasteiger partial charge in [0, 0.05) is 0 Å². The van der Waals surface area contributed by atoms with Gasteiger partial charge in [0.05, 0.1) is 11.5 Å². The van der Waals surface area contributed by atoms with Crippen LogP contribution in [0.15, 0.2) is 0 Å². The highest BCUT2D eigenvalue weighted by Gasteiger charge is 2.14. The lowest BCUT2D eigenvalue weighted by molar-refractivity contribution is 0.448. The lowest BCUT2D eigenvalue weighted by Crippen LogP contribution is -2.07. The number of hydrogen-bond acceptors (Lipinski definition) is 2. The molecule has 0 unspecified atom stereocenters. The summed E-state index contributed by atoms with van der Waals surface area (Å²) in [5, 5.41) is 8.69. The third-order valence-corrected chi connectivity index (χ3v) is 2.58. The van der Waals surface area contributed by atoms with Crippen molar-refractivity contribution >= 4 is 11.8 Å². The fraction of sp³-hybridized carbons (Fsp3) is 0.889. The number of nitrogens with zero attached hydrogens (tertiary/aromatic N) is 1. The van der Waals surface area contributed by atoms with Gasteiger partial charge in [0.25, 0.3) is 0 Å². The molecule has 0 radical (unpaired) electrons. The average molecular weight is 171 g/mol. The molecule has 0 bridgehead atoms. The van der Waals surface area contributed by atoms with Crippen LogP contribution in [0.1, 0.15) is 33.6 Å². The summed E-state index contributed by atoms with van der Waals surface area (Å²) in [5.74, 6) is 2.38. The van der Waals surface area contributed by atoms with E-state index in [0.29, 0.717) is 0 Å². The zero-order valence-corrected chi connectivity index (χ0v) is 8.50. The van der Waals surface area contributed by atoms with E-state index in [1.54, 1.807) is 0 Å². The van der Waals surface area contributed by atoms with Gasteiger partial charge in [-0.15, -0.1) is 0 Å². The van der Waals surface area contributed by atoms with Gasteiger partial charge in [0.15, 0.2) is 0 Å². The maximum Gasteiger partial charge on any atom is 0.0683 e. The van der Waals surface area contributed by atoms with Crippen molar-refractivity contribution in [2.75, 3.05) is 11.5 Å². The topological polar surface area (TPSA) is 23.8 Å². The first-order valence-corrected chi connectivity index (χ1v) is 5.27. The zero-order chi connectivity index (χ0) is 8.74. The standard InChI is InChI=1S/C9H17NS/c1-4-11-7-5-6-9(2,3)8-10/h4-7H2,1-3H3. The van der Waals surface area contributed by atoms with Crippen molar-refractivity contribution in [3.05, 3.63) is 0 Å². The summed E-state index contributed by atoms with van der Waals surface area (Å²) in [4.78, 5) is 0. The van der Waals surface area contributed by atoms with E-state index in [1.807, 2.05) is 25.6 Å². The SMILES string of the molecule is CCSCCCC(C)(C)C#N. The fourth-order valence-corrected chi connectivity index (χ4v) is 1.45. The molecule has 0 saturated carbocycles. The Morgan fingerprint density at radius 2 is 2.09 bits per heavy atom. The molecule has 0 aromatic heterocycles. The fourth-order valence-electron chi connectivity index (χ4n) is 0.816. The Morgan fingerprint density at radius 3 is 2.55 bits per heavy atom. The van der Waals surface area contributed by atoms with Crippen molar-refractivity contribution in [3.63, 3.8) is 0 Å². The molecule has 0 amide bonds. The molecule has 0 aliphatic rings. The minimum Gasteiger partial charge on any atom is -0.198 e. The average Bonchev–Trinajstić information content (AvgIpc) is 1.99. The van der Waals surface area contributed by atoms with Gasteiger partial charge in [0.2, 0.25) is 0 Å². The van der Waals surface area contributed by atoms with Gasteiger partial charge in [0.1, 0.15) is 0 Å². The summed E-state index contributed by atoms with van der Waals surface area (Å²) in [6, 6.07) is 2.31. The maximum absolute atomic E-state index is 8.69. The number of hydrogen-bond donors (Lipinski definition) is 0. The van der Waals surface area contributed by atoms with Crippen LogP contribution in [0.3, 0.4) is 0 Å². The summed E-state index contributed by atoms with van der Waals surface area (Å²) in [7, 11) is 0. The van der Waals surface area contributed by atoms with Crippen LogP contribution in [-0.2, 0) is 0 Å². The Labute approximate surface area is 74.2 Å². The monoisotopic (exact) mass is 171 g/mol. The van der Waals surface area contributed by atoms with Crippen molar-refractivity contribution in [3.8, 4) is 6.07 Å². The highest BCUT2D eigenvalue weighted by Crippen LogP contribution is 2.21. The minimum atomic E-state index is -0.117. The molecule has 0 fully saturated rings. The second kappa shape index (κ2) is 5.49. The van der Waals surface area contributed by atoms with Crippen molar-refractivity contribution < 1.29 is 0 Å². The number of nitriles is 1. The van der Waals surface area contributed by atoms with Crippen molar-refractivity contribution in [1.29, 1.82) is 5.26 Å². The van der Waals surface area contributed by atoms with Crippen LogP contribution in [0.5, 0.6) is 0 Å². The first kappa shape index (κ1) is 10.8. The third kappa shape index (κ3) is 6.25. The van der Waals surface area contributed by atoms with E-state index in [0.717, 1.165) is 6.42 Å². The first-order chi connectivity index (χ1) is 5.12. The Kier molecular flexibility index (Phi) is 5.41. The van der Waals surface area contributed by atoms with Gasteiger partial charge in [-0.05, 0) is 38.2 Å². The summed E-state index contributed by atoms with van der Waals surface area (Å²) < 4.78 is 0. The van der Waals surface area contributed by atoms with Gasteiger partial charge >= 0.3 is 0 Å². The van der Waals surface area contributed by atoms with Gasteiger partial charge in [-0.25, -0.2) is 0 Å². The van der Waals surface area contributed by atoms with Gasteiger partial charge < -0.3 is 0 Å². The predicted octanol–water partition coefficient (Wildman–Crippen LogP) is 3.07. The van der Waals surface area contributed by atoms with E-state index in [2.05, 4.69) is 13.0 Å². The minimum absolute atomic E-state index is 0.117. The van der Waals surface area contributed by atoms with E-state index in [4.69, 9.17) is 5.26 Å². The molecule has 0 N–H and O–H groups in total. The van der Waals surface area contributed by atoms with Crippen LogP contribution in [-0.4, -0.2) is 11.5 Å². The summed E-state index contributed by atoms with van der Waals surface area (Å²) in [5.41, 5.74) is -0.117. The molecule has 1 nitrogen and oxygen atoms in total. The van der Waals surface area contributed by atoms with E-state index in [-0.39, 0.29) is 5.41 Å². The molecule has 0 heterocycles. The molecule has 0 aromatic rings. The molecule has 0 spiro atoms. The zero-order valence-electron chi connectivity index (χ0n) is 7.68. The highest BCUT2D eigenvalue weighted by atomic mass is 32.2. The summed E-state index contributed by atoms with van der Waals surface area (Å²) >= 11 is 1.95. The Morgan fingerprint density at radius 1 is 1.45 bits per heavy atom. The second-order valence-electron chi connectivity index (χ2n) is 3.30. The Balaban J connectivity index is 3.32. The highest BCUT2D eigenvalue weighted by molar-refractivity contribution is 7.99. The molecule has 0 aromatic carbocycles. The van der Waals surface area contributed by atoms with E-state index >= 15 is 0 Å². The Hall–Kier alpha value is -0.160. The molecular weight excluding hydrogens is 154 g/mol. The molecule has 0 aliphatic carbocycles. The predicted molar refractivity (Wildman–Crippen MR) is 51.6 cm³/mol. The van der Waals surface area contributed by atoms with Crippen LogP contribution in [0.2, 0.25) is 0 Å². The number of thioether (sulfide) groups is 1. The Bertz CT molecular complexity index is 135. The largest absolute Gasteiger partial charge is 0.198 e. The smallest absolute Gasteiger partial charge is 0.0683 e. The summed E-state index contributed by atoms with van der Waals surface area (Å²) in [6.45, 7) is 6.17. The van der Waals surface area contributed by atoms with E-state index in [1.165, 1.54) is 17.9 Å². The maximum atomic E-state index is 8.69. The van der Waals surface area contributed by atoms with Crippen LogP contribution in [0.25, 0.3) is 0 Å². The van der Waals surface area contributed by atoms with E-state index < -0.39 is 0 Å². The molecule has 0 atom stereocenters. The van der Waals surface area contributed by atoms with Gasteiger partial charge in [-0.1, -0.05) is 6.92 Å². The lowest BCUT2D eigenvalue weighted by atomic mass is 9.90. The van der Waals surface area contributed by atoms with E-state index in [9.17, 15) is 0 Å². The molecule has 11 heavy (non-hydrogen) atoms. The van der Waals surface area contributed by atoms with Gasteiger partial charge in [-0.2, -0.15) is 17.0 Å². The first-order valence-electron chi connectivity index (χ1n) is 4.11. The second-order valence-corrected chi connectivity index (χ2v) is 4.69. The molecule has 2 heteroatoms. The normalized spacial score (nSPS) is 11.1. The quantitative estimate of drug-likeness (QED) is 0.594. The molecule has 0 aliphatic heterocycles. The van der Waals surface area contributed by atoms with Crippen LogP contribution in [0, 0.1) is 16.7 Å². The summed E-state index contributed by atoms with van der Waals surface area (Å²) in [6.07, 6.45) is 2.19. The van der Waals surface area contributed by atoms with Crippen LogP contribution >= 0.6 is 11.8 Å². The lowest BCUT2D eigenvalue weighted by Gasteiger charge is -2.13.